The van der Waals surface area contributed by atoms with Crippen LogP contribution in [0.5, 0.6) is 5.75 Å². The number of fused-ring (bicyclic) bond motifs is 1. The highest BCUT2D eigenvalue weighted by Gasteiger charge is 2.28. The van der Waals surface area contributed by atoms with Crippen molar-refractivity contribution in [3.63, 3.8) is 0 Å². The van der Waals surface area contributed by atoms with Crippen LogP contribution in [0.4, 0.5) is 62.6 Å². The van der Waals surface area contributed by atoms with Crippen molar-refractivity contribution in [1.82, 2.24) is 0 Å². The van der Waals surface area contributed by atoms with Crippen LogP contribution in [0.2, 0.25) is 0 Å². The molecule has 0 bridgehead atoms. The highest BCUT2D eigenvalue weighted by molar-refractivity contribution is 7.92. The molecule has 10 N–H and O–H groups in total. The van der Waals surface area contributed by atoms with E-state index in [1.54, 1.807) is 0 Å². The van der Waals surface area contributed by atoms with E-state index in [0.717, 1.165) is 66.7 Å². The van der Waals surface area contributed by atoms with Crippen molar-refractivity contribution >= 4 is 199 Å². The lowest BCUT2D eigenvalue weighted by molar-refractivity contribution is -0.117. The standard InChI is InChI=1S/C50H53Cl2N11O28S9/c51-15-21-92(67,68)19-1-3-46(64)54-37-26-41(43(96(75,76)77)28-39(37)58-56-30-5-9-32(10-6-30)94(71,72)23-17-90-99(84,85)86)60-62-48-35-25-45(98(81,82)83)49(50(66)34(35)13-14-36(48)53)63-61-42-27-38(55-47(65)4-2-20-93(69,70)22-16-52)40(29-44(42)97(78,79)80)59-57-31-7-11-33(12-8-31)95(73,74)24-18-91-100(87,88)89/h5-14,25-29,66H,1-4,15-24,53H2,(H,54,64)(H,55,65)(H,75,76,77)(H,78,79,80)(H,81,82,83)(H,84,85,86)(H,87,88,89)/b58-56+,59-57+,62-60+,63-61+. The van der Waals surface area contributed by atoms with Gasteiger partial charge >= 0.3 is 20.8 Å². The number of nitrogens with one attached hydrogen (secondary N) is 2. The van der Waals surface area contributed by atoms with Crippen molar-refractivity contribution in [2.75, 3.05) is 75.9 Å². The second kappa shape index (κ2) is 33.0. The van der Waals surface area contributed by atoms with Gasteiger partial charge in [-0.1, -0.05) is 0 Å². The van der Waals surface area contributed by atoms with Gasteiger partial charge in [-0.2, -0.15) is 52.3 Å². The number of rotatable bonds is 35. The molecule has 0 atom stereocenters. The normalized spacial score (nSPS) is 13.3. The molecule has 6 aromatic carbocycles. The Morgan fingerprint density at radius 2 is 0.790 bits per heavy atom. The minimum Gasteiger partial charge on any atom is -0.505 e. The minimum absolute atomic E-state index is 0.162. The van der Waals surface area contributed by atoms with Gasteiger partial charge in [0.1, 0.15) is 48.8 Å². The maximum atomic E-state index is 13.4. The van der Waals surface area contributed by atoms with Crippen LogP contribution >= 0.6 is 23.2 Å². The number of phenolic OH excluding ortho intramolecular Hbond substituents is 1. The number of carbonyl (C=O) groups is 2. The maximum Gasteiger partial charge on any atom is 0.397 e. The van der Waals surface area contributed by atoms with Gasteiger partial charge in [0.05, 0.1) is 86.0 Å². The van der Waals surface area contributed by atoms with E-state index in [0.29, 0.717) is 24.3 Å². The van der Waals surface area contributed by atoms with Crippen LogP contribution in [-0.2, 0) is 108 Å². The summed E-state index contributed by atoms with van der Waals surface area (Å²) in [5, 5.41) is 46.3. The fourth-order valence-electron chi connectivity index (χ4n) is 8.25. The number of phenols is 1. The van der Waals surface area contributed by atoms with E-state index < -0.39 is 255 Å². The summed E-state index contributed by atoms with van der Waals surface area (Å²) >= 11 is 11.1. The fourth-order valence-corrected chi connectivity index (χ4v) is 16.6. The van der Waals surface area contributed by atoms with Gasteiger partial charge in [-0.15, -0.1) is 53.9 Å². The number of benzene rings is 6. The third kappa shape index (κ3) is 24.0. The number of azo groups is 4. The van der Waals surface area contributed by atoms with Gasteiger partial charge in [0.25, 0.3) is 30.4 Å². The van der Waals surface area contributed by atoms with Crippen molar-refractivity contribution in [3.8, 4) is 5.75 Å². The van der Waals surface area contributed by atoms with Gasteiger partial charge in [0.15, 0.2) is 45.1 Å². The van der Waals surface area contributed by atoms with Gasteiger partial charge in [-0.3, -0.25) is 32.4 Å². The van der Waals surface area contributed by atoms with Crippen LogP contribution in [0, 0.1) is 0 Å². The molecule has 39 nitrogen and oxygen atoms in total. The van der Waals surface area contributed by atoms with Gasteiger partial charge in [0.2, 0.25) is 11.8 Å². The average molecular weight is 1620 g/mol. The molecule has 0 radical (unpaired) electrons. The van der Waals surface area contributed by atoms with E-state index in [4.69, 9.17) is 38.0 Å². The number of nitrogens with zero attached hydrogens (tertiary/aromatic N) is 8. The monoisotopic (exact) mass is 1610 g/mol. The summed E-state index contributed by atoms with van der Waals surface area (Å²) in [5.74, 6) is -7.45. The third-order valence-corrected chi connectivity index (χ3v) is 24.1. The molecule has 0 aromatic heterocycles. The van der Waals surface area contributed by atoms with E-state index in [9.17, 15) is 104 Å². The van der Waals surface area contributed by atoms with Crippen molar-refractivity contribution in [3.05, 3.63) is 91.0 Å². The molecule has 50 heteroatoms. The number of halogens is 2. The Hall–Kier alpha value is -7.63. The second-order valence-corrected chi connectivity index (χ2v) is 36.1. The largest absolute Gasteiger partial charge is 0.505 e. The van der Waals surface area contributed by atoms with Crippen molar-refractivity contribution < 1.29 is 122 Å². The number of nitrogens with two attached hydrogens (primary N) is 1. The number of aromatic hydroxyl groups is 1. The number of amides is 2. The number of nitrogen functional groups attached to an aromatic ring is 1. The Bertz CT molecular complexity index is 5390. The van der Waals surface area contributed by atoms with Crippen LogP contribution < -0.4 is 16.4 Å². The molecule has 6 rings (SSSR count). The Morgan fingerprint density at radius 1 is 0.420 bits per heavy atom. The van der Waals surface area contributed by atoms with Crippen LogP contribution in [0.15, 0.2) is 156 Å². The molecule has 0 saturated carbocycles. The predicted molar refractivity (Wildman–Crippen MR) is 356 cm³/mol. The number of hydrogen-bond acceptors (Lipinski definition) is 32. The summed E-state index contributed by atoms with van der Waals surface area (Å²) in [4.78, 5) is 22.1. The molecular weight excluding hydrogens is 1560 g/mol. The summed E-state index contributed by atoms with van der Waals surface area (Å²) in [5.41, 5.74) is -0.563. The summed E-state index contributed by atoms with van der Waals surface area (Å²) in [7, 11) is -42.6. The van der Waals surface area contributed by atoms with E-state index >= 15 is 0 Å². The number of anilines is 3. The molecule has 2 amide bonds. The molecule has 0 aliphatic rings. The van der Waals surface area contributed by atoms with Gasteiger partial charge in [-0.05, 0) is 104 Å². The fraction of sp³-hybridized carbons (Fsp3) is 0.280. The molecule has 0 saturated heterocycles. The van der Waals surface area contributed by atoms with E-state index in [-0.39, 0.29) is 36.0 Å². The lowest BCUT2D eigenvalue weighted by Gasteiger charge is -2.13. The molecule has 0 fully saturated rings. The SMILES string of the molecule is Nc1ccc2c(O)c(/N=N/c3cc(NC(=O)CCCS(=O)(=O)CCCl)c(/N=N/c4ccc(S(=O)(=O)CCOS(=O)(=O)O)cc4)cc3S(=O)(=O)O)c(S(=O)(=O)O)cc2c1/N=N/c1cc(NC(=O)CCCS(=O)(=O)CCCl)c(/N=N/c2ccc(S(=O)(=O)CCOS(=O)(=O)O)cc2)cc1S(=O)(=O)O. The molecule has 544 valence electrons. The molecule has 0 aliphatic carbocycles. The van der Waals surface area contributed by atoms with Gasteiger partial charge in [-0.25, -0.2) is 42.0 Å². The summed E-state index contributed by atoms with van der Waals surface area (Å²) in [6, 6.07) is 13.3. The van der Waals surface area contributed by atoms with E-state index in [2.05, 4.69) is 59.9 Å². The molecule has 100 heavy (non-hydrogen) atoms. The summed E-state index contributed by atoms with van der Waals surface area (Å²) < 4.78 is 280. The van der Waals surface area contributed by atoms with Crippen molar-refractivity contribution in [1.29, 1.82) is 0 Å². The third-order valence-electron chi connectivity index (χ3n) is 12.9. The van der Waals surface area contributed by atoms with E-state index in [1.807, 2.05) is 0 Å². The van der Waals surface area contributed by atoms with Crippen LogP contribution in [0.1, 0.15) is 25.7 Å². The second-order valence-electron chi connectivity index (χ2n) is 20.2. The highest BCUT2D eigenvalue weighted by atomic mass is 35.5. The summed E-state index contributed by atoms with van der Waals surface area (Å²) in [6.45, 7) is -1.94. The van der Waals surface area contributed by atoms with Gasteiger partial charge < -0.3 is 21.5 Å². The summed E-state index contributed by atoms with van der Waals surface area (Å²) in [6.07, 6.45) is -1.66. The zero-order valence-electron chi connectivity index (χ0n) is 50.3. The smallest absolute Gasteiger partial charge is 0.397 e. The lowest BCUT2D eigenvalue weighted by atomic mass is 10.1. The first-order valence-corrected chi connectivity index (χ1v) is 42.3. The highest BCUT2D eigenvalue weighted by Crippen LogP contribution is 2.48. The zero-order valence-corrected chi connectivity index (χ0v) is 59.2. The van der Waals surface area contributed by atoms with Crippen molar-refractivity contribution in [2.45, 2.75) is 50.2 Å². The van der Waals surface area contributed by atoms with Crippen LogP contribution in [-0.4, -0.2) is 175 Å². The van der Waals surface area contributed by atoms with Crippen molar-refractivity contribution in [2.24, 2.45) is 40.9 Å². The Balaban J connectivity index is 1.46. The number of hydrogen-bond donors (Lipinski definition) is 9. The molecule has 0 spiro atoms. The number of carbonyl (C=O) groups excluding carboxylic acids is 2. The molecule has 0 unspecified atom stereocenters. The molecule has 6 aromatic rings. The minimum atomic E-state index is -5.67. The quantitative estimate of drug-likeness (QED) is 0.00806. The van der Waals surface area contributed by atoms with E-state index in [1.165, 1.54) is 0 Å². The maximum absolute atomic E-state index is 13.4. The topological polar surface area (TPSA) is 630 Å². The van der Waals surface area contributed by atoms with Crippen LogP contribution in [0.3, 0.4) is 0 Å². The van der Waals surface area contributed by atoms with Gasteiger partial charge in [0, 0.05) is 35.4 Å². The molecule has 0 aliphatic heterocycles. The Kier molecular flexibility index (Phi) is 26.8. The molecular formula is C50H53Cl2N11O28S9. The molecule has 0 heterocycles. The zero-order chi connectivity index (χ0) is 74.6. The first-order chi connectivity index (χ1) is 46.2. The average Bonchev–Trinajstić information content (AvgIpc) is 0.755. The lowest BCUT2D eigenvalue weighted by Crippen LogP contribution is -2.16. The Morgan fingerprint density at radius 3 is 1.15 bits per heavy atom. The van der Waals surface area contributed by atoms with Crippen LogP contribution in [0.25, 0.3) is 10.8 Å². The first kappa shape index (κ1) is 81.3. The Labute approximate surface area is 579 Å². The number of sulfone groups is 4. The number of alkyl halides is 2. The predicted octanol–water partition coefficient (Wildman–Crippen LogP) is 7.46. The first-order valence-electron chi connectivity index (χ1n) is 27.3.